The second-order valence-corrected chi connectivity index (χ2v) is 9.64. The van der Waals surface area contributed by atoms with Crippen LogP contribution in [0.5, 0.6) is 17.4 Å². The number of methoxy groups -OCH3 is 2. The Hall–Kier alpha value is -3.40. The Balaban J connectivity index is 1.44. The summed E-state index contributed by atoms with van der Waals surface area (Å²) in [4.78, 5) is 22.8. The van der Waals surface area contributed by atoms with Crippen LogP contribution in [-0.2, 0) is 4.79 Å². The van der Waals surface area contributed by atoms with E-state index in [-0.39, 0.29) is 24.4 Å². The van der Waals surface area contributed by atoms with Crippen LogP contribution < -0.4 is 14.2 Å². The molecule has 0 saturated carbocycles. The molecule has 0 N–H and O–H groups in total. The summed E-state index contributed by atoms with van der Waals surface area (Å²) in [5.74, 6) is 1.06. The van der Waals surface area contributed by atoms with Gasteiger partial charge in [-0.25, -0.2) is 15.0 Å². The molecule has 2 aromatic heterocycles. The van der Waals surface area contributed by atoms with Crippen molar-refractivity contribution in [2.24, 2.45) is 5.10 Å². The third-order valence-electron chi connectivity index (χ3n) is 5.72. The summed E-state index contributed by atoms with van der Waals surface area (Å²) >= 11 is 14.0. The Morgan fingerprint density at radius 2 is 1.94 bits per heavy atom. The van der Waals surface area contributed by atoms with E-state index in [0.717, 1.165) is 16.2 Å². The molecule has 11 heteroatoms. The highest BCUT2D eigenvalue weighted by Crippen LogP contribution is 2.38. The molecule has 8 nitrogen and oxygen atoms in total. The van der Waals surface area contributed by atoms with Gasteiger partial charge in [-0.3, -0.25) is 4.79 Å². The second-order valence-electron chi connectivity index (χ2n) is 7.85. The van der Waals surface area contributed by atoms with Crippen molar-refractivity contribution in [3.63, 3.8) is 0 Å². The first-order valence-electron chi connectivity index (χ1n) is 10.9. The number of amides is 1. The lowest BCUT2D eigenvalue weighted by atomic mass is 10.0. The van der Waals surface area contributed by atoms with Gasteiger partial charge in [0.1, 0.15) is 6.33 Å². The van der Waals surface area contributed by atoms with Crippen molar-refractivity contribution in [2.75, 3.05) is 20.8 Å². The first kappa shape index (κ1) is 24.3. The topological polar surface area (TPSA) is 86.1 Å². The van der Waals surface area contributed by atoms with Gasteiger partial charge in [0.05, 0.1) is 46.8 Å². The van der Waals surface area contributed by atoms with Crippen LogP contribution >= 0.6 is 34.5 Å². The summed E-state index contributed by atoms with van der Waals surface area (Å²) in [6.07, 6.45) is 1.88. The largest absolute Gasteiger partial charge is 0.493 e. The minimum atomic E-state index is -0.343. The third kappa shape index (κ3) is 4.69. The predicted molar refractivity (Wildman–Crippen MR) is 140 cm³/mol. The van der Waals surface area contributed by atoms with Gasteiger partial charge < -0.3 is 14.2 Å². The Morgan fingerprint density at radius 1 is 1.11 bits per heavy atom. The molecule has 4 aromatic rings. The normalized spacial score (nSPS) is 15.2. The molecule has 0 aliphatic carbocycles. The molecule has 0 fully saturated rings. The molecule has 0 saturated heterocycles. The number of aromatic nitrogens is 2. The van der Waals surface area contributed by atoms with Gasteiger partial charge in [0, 0.05) is 11.4 Å². The summed E-state index contributed by atoms with van der Waals surface area (Å²) in [7, 11) is 3.15. The quantitative estimate of drug-likeness (QED) is 0.294. The zero-order valence-corrected chi connectivity index (χ0v) is 21.6. The van der Waals surface area contributed by atoms with E-state index in [4.69, 9.17) is 37.4 Å². The van der Waals surface area contributed by atoms with Crippen LogP contribution in [0.1, 0.15) is 22.9 Å². The molecular formula is C25H20Cl2N4O4S. The number of thiophene rings is 1. The van der Waals surface area contributed by atoms with E-state index in [1.165, 1.54) is 11.3 Å². The van der Waals surface area contributed by atoms with Crippen LogP contribution in [0.2, 0.25) is 10.0 Å². The summed E-state index contributed by atoms with van der Waals surface area (Å²) in [5, 5.41) is 9.41. The van der Waals surface area contributed by atoms with Crippen LogP contribution in [0, 0.1) is 0 Å². The number of nitrogens with zero attached hydrogens (tertiary/aromatic N) is 4. The fourth-order valence-corrected chi connectivity index (χ4v) is 5.29. The molecule has 36 heavy (non-hydrogen) atoms. The van der Waals surface area contributed by atoms with Gasteiger partial charge in [-0.05, 0) is 41.3 Å². The SMILES string of the molecule is COc1ccc([C@H]2CC(c3cccs3)=NN2C(=O)COc2ncnc3c(Cl)cc(Cl)cc23)cc1OC. The van der Waals surface area contributed by atoms with Crippen molar-refractivity contribution in [1.82, 2.24) is 15.0 Å². The Morgan fingerprint density at radius 3 is 2.69 bits per heavy atom. The first-order chi connectivity index (χ1) is 17.5. The van der Waals surface area contributed by atoms with Crippen LogP contribution in [-0.4, -0.2) is 47.4 Å². The number of carbonyl (C=O) groups is 1. The molecular weight excluding hydrogens is 523 g/mol. The fraction of sp³-hybridized carbons (Fsp3) is 0.200. The molecule has 2 aromatic carbocycles. The summed E-state index contributed by atoms with van der Waals surface area (Å²) in [6, 6.07) is 12.4. The Labute approximate surface area is 221 Å². The van der Waals surface area contributed by atoms with E-state index in [1.807, 2.05) is 35.7 Å². The lowest BCUT2D eigenvalue weighted by molar-refractivity contribution is -0.135. The molecule has 1 aliphatic heterocycles. The molecule has 1 amide bonds. The number of ether oxygens (including phenoxy) is 3. The molecule has 1 atom stereocenters. The first-order valence-corrected chi connectivity index (χ1v) is 12.5. The average molecular weight is 543 g/mol. The highest BCUT2D eigenvalue weighted by atomic mass is 35.5. The number of hydrazone groups is 1. The van der Waals surface area contributed by atoms with E-state index in [9.17, 15) is 4.79 Å². The number of hydrogen-bond donors (Lipinski definition) is 0. The standard InChI is InChI=1S/C25H20Cl2N4O4S/c1-33-20-6-5-14(8-21(20)34-2)19-11-18(22-4-3-7-36-22)30-31(19)23(32)12-35-25-16-9-15(26)10-17(27)24(16)28-13-29-25/h3-10,13,19H,11-12H2,1-2H3/t19-/m1/s1. The molecule has 0 spiro atoms. The number of hydrogen-bond acceptors (Lipinski definition) is 8. The predicted octanol–water partition coefficient (Wildman–Crippen LogP) is 5.77. The van der Waals surface area contributed by atoms with Gasteiger partial charge >= 0.3 is 0 Å². The highest BCUT2D eigenvalue weighted by molar-refractivity contribution is 7.12. The van der Waals surface area contributed by atoms with Crippen molar-refractivity contribution >= 4 is 57.1 Å². The van der Waals surface area contributed by atoms with Crippen LogP contribution in [0.4, 0.5) is 0 Å². The van der Waals surface area contributed by atoms with Gasteiger partial charge in [0.25, 0.3) is 5.91 Å². The van der Waals surface area contributed by atoms with Gasteiger partial charge in [-0.1, -0.05) is 35.3 Å². The minimum absolute atomic E-state index is 0.210. The molecule has 184 valence electrons. The zero-order valence-electron chi connectivity index (χ0n) is 19.3. The number of fused-ring (bicyclic) bond motifs is 1. The Bertz CT molecular complexity index is 1460. The van der Waals surface area contributed by atoms with Crippen molar-refractivity contribution in [1.29, 1.82) is 0 Å². The smallest absolute Gasteiger partial charge is 0.281 e. The van der Waals surface area contributed by atoms with Crippen molar-refractivity contribution in [3.8, 4) is 17.4 Å². The number of halogens is 2. The molecule has 0 radical (unpaired) electrons. The summed E-state index contributed by atoms with van der Waals surface area (Å²) in [5.41, 5.74) is 2.17. The van der Waals surface area contributed by atoms with E-state index < -0.39 is 0 Å². The summed E-state index contributed by atoms with van der Waals surface area (Å²) < 4.78 is 16.7. The van der Waals surface area contributed by atoms with Crippen molar-refractivity contribution in [3.05, 3.63) is 74.7 Å². The molecule has 5 rings (SSSR count). The van der Waals surface area contributed by atoms with Gasteiger partial charge in [0.15, 0.2) is 18.1 Å². The fourth-order valence-electron chi connectivity index (χ4n) is 4.03. The maximum Gasteiger partial charge on any atom is 0.281 e. The van der Waals surface area contributed by atoms with Gasteiger partial charge in [-0.2, -0.15) is 5.10 Å². The average Bonchev–Trinajstić information content (AvgIpc) is 3.57. The number of carbonyl (C=O) groups excluding carboxylic acids is 1. The zero-order chi connectivity index (χ0) is 25.2. The maximum atomic E-state index is 13.4. The minimum Gasteiger partial charge on any atom is -0.493 e. The van der Waals surface area contributed by atoms with Crippen LogP contribution in [0.25, 0.3) is 10.9 Å². The van der Waals surface area contributed by atoms with E-state index in [2.05, 4.69) is 15.1 Å². The van der Waals surface area contributed by atoms with E-state index in [1.54, 1.807) is 37.7 Å². The third-order valence-corrected chi connectivity index (χ3v) is 7.14. The maximum absolute atomic E-state index is 13.4. The lowest BCUT2D eigenvalue weighted by Gasteiger charge is -2.23. The molecule has 3 heterocycles. The summed E-state index contributed by atoms with van der Waals surface area (Å²) in [6.45, 7) is -0.290. The monoisotopic (exact) mass is 542 g/mol. The van der Waals surface area contributed by atoms with Crippen molar-refractivity contribution in [2.45, 2.75) is 12.5 Å². The van der Waals surface area contributed by atoms with Gasteiger partial charge in [-0.15, -0.1) is 11.3 Å². The van der Waals surface area contributed by atoms with Crippen LogP contribution in [0.3, 0.4) is 0 Å². The van der Waals surface area contributed by atoms with Crippen molar-refractivity contribution < 1.29 is 19.0 Å². The second kappa shape index (κ2) is 10.3. The molecule has 0 unspecified atom stereocenters. The number of benzene rings is 2. The number of rotatable bonds is 7. The van der Waals surface area contributed by atoms with Crippen LogP contribution in [0.15, 0.2) is 59.3 Å². The molecule has 0 bridgehead atoms. The highest BCUT2D eigenvalue weighted by Gasteiger charge is 2.34. The van der Waals surface area contributed by atoms with Gasteiger partial charge in [0.2, 0.25) is 5.88 Å². The Kier molecular flexibility index (Phi) is 6.95. The van der Waals surface area contributed by atoms with E-state index in [0.29, 0.717) is 38.9 Å². The lowest BCUT2D eigenvalue weighted by Crippen LogP contribution is -2.31. The molecule has 1 aliphatic rings. The van der Waals surface area contributed by atoms with E-state index >= 15 is 0 Å².